The summed E-state index contributed by atoms with van der Waals surface area (Å²) in [4.78, 5) is 25.1. The predicted molar refractivity (Wildman–Crippen MR) is 86.3 cm³/mol. The summed E-state index contributed by atoms with van der Waals surface area (Å²) in [6, 6.07) is 11.5. The largest absolute Gasteiger partial charge is 0.332 e. The van der Waals surface area contributed by atoms with Crippen LogP contribution in [0, 0.1) is 0 Å². The van der Waals surface area contributed by atoms with Crippen molar-refractivity contribution in [2.45, 2.75) is 26.4 Å². The molecule has 0 aliphatic heterocycles. The van der Waals surface area contributed by atoms with Crippen molar-refractivity contribution in [3.8, 4) is 0 Å². The van der Waals surface area contributed by atoms with Gasteiger partial charge in [-0.05, 0) is 30.9 Å². The molecule has 4 nitrogen and oxygen atoms in total. The molecule has 0 aliphatic carbocycles. The second-order valence-electron chi connectivity index (χ2n) is 5.26. The van der Waals surface area contributed by atoms with E-state index >= 15 is 0 Å². The molecule has 0 aliphatic rings. The highest BCUT2D eigenvalue weighted by Gasteiger charge is 2.16. The molecular weight excluding hydrogens is 284 g/mol. The Labute approximate surface area is 125 Å². The van der Waals surface area contributed by atoms with Crippen molar-refractivity contribution in [1.29, 1.82) is 0 Å². The average molecular weight is 300 g/mol. The molecule has 108 valence electrons. The van der Waals surface area contributed by atoms with Crippen molar-refractivity contribution in [2.75, 3.05) is 0 Å². The monoisotopic (exact) mass is 300 g/mol. The summed E-state index contributed by atoms with van der Waals surface area (Å²) in [6.45, 7) is 4.18. The zero-order valence-electron chi connectivity index (χ0n) is 11.9. The quantitative estimate of drug-likeness (QED) is 0.746. The van der Waals surface area contributed by atoms with Gasteiger partial charge in [0.2, 0.25) is 0 Å². The van der Waals surface area contributed by atoms with Crippen LogP contribution in [-0.4, -0.2) is 9.13 Å². The molecule has 0 N–H and O–H groups in total. The van der Waals surface area contributed by atoms with Crippen LogP contribution in [0.25, 0.3) is 10.2 Å². The number of benzene rings is 1. The fourth-order valence-electron chi connectivity index (χ4n) is 2.48. The van der Waals surface area contributed by atoms with Crippen molar-refractivity contribution in [3.63, 3.8) is 0 Å². The van der Waals surface area contributed by atoms with Gasteiger partial charge in [-0.1, -0.05) is 30.3 Å². The smallest absolute Gasteiger partial charge is 0.288 e. The van der Waals surface area contributed by atoms with Gasteiger partial charge in [0.15, 0.2) is 0 Å². The summed E-state index contributed by atoms with van der Waals surface area (Å²) < 4.78 is 3.66. The van der Waals surface area contributed by atoms with Crippen LogP contribution in [0.15, 0.2) is 51.4 Å². The molecule has 0 spiro atoms. The molecule has 0 saturated carbocycles. The highest BCUT2D eigenvalue weighted by atomic mass is 32.1. The zero-order valence-corrected chi connectivity index (χ0v) is 12.8. The van der Waals surface area contributed by atoms with Gasteiger partial charge in [-0.15, -0.1) is 11.3 Å². The van der Waals surface area contributed by atoms with Crippen LogP contribution >= 0.6 is 11.3 Å². The second kappa shape index (κ2) is 5.33. The van der Waals surface area contributed by atoms with Gasteiger partial charge in [0, 0.05) is 6.04 Å². The summed E-state index contributed by atoms with van der Waals surface area (Å²) in [5, 5.41) is 1.86. The maximum absolute atomic E-state index is 12.7. The second-order valence-corrected chi connectivity index (χ2v) is 6.17. The Kier molecular flexibility index (Phi) is 3.51. The van der Waals surface area contributed by atoms with Gasteiger partial charge < -0.3 is 0 Å². The Morgan fingerprint density at radius 1 is 1.10 bits per heavy atom. The number of aromatic nitrogens is 2. The van der Waals surface area contributed by atoms with Gasteiger partial charge in [0.25, 0.3) is 5.56 Å². The molecule has 0 fully saturated rings. The van der Waals surface area contributed by atoms with E-state index in [0.717, 1.165) is 11.1 Å². The molecule has 0 atom stereocenters. The maximum Gasteiger partial charge on any atom is 0.332 e. The maximum atomic E-state index is 12.7. The lowest BCUT2D eigenvalue weighted by Gasteiger charge is -2.14. The number of fused-ring (bicyclic) bond motifs is 1. The Hall–Kier alpha value is -2.14. The highest BCUT2D eigenvalue weighted by molar-refractivity contribution is 7.17. The summed E-state index contributed by atoms with van der Waals surface area (Å²) in [6.07, 6.45) is 0. The van der Waals surface area contributed by atoms with Crippen molar-refractivity contribution in [2.24, 2.45) is 0 Å². The average Bonchev–Trinajstić information content (AvgIpc) is 2.94. The van der Waals surface area contributed by atoms with Crippen LogP contribution in [0.2, 0.25) is 0 Å². The normalized spacial score (nSPS) is 11.4. The Balaban J connectivity index is 2.29. The summed E-state index contributed by atoms with van der Waals surface area (Å²) >= 11 is 1.39. The van der Waals surface area contributed by atoms with Crippen LogP contribution < -0.4 is 11.2 Å². The number of hydrogen-bond acceptors (Lipinski definition) is 3. The van der Waals surface area contributed by atoms with Crippen molar-refractivity contribution in [3.05, 3.63) is 68.2 Å². The first-order valence-electron chi connectivity index (χ1n) is 6.86. The van der Waals surface area contributed by atoms with Crippen LogP contribution in [-0.2, 0) is 6.54 Å². The topological polar surface area (TPSA) is 44.0 Å². The molecule has 0 amide bonds. The van der Waals surface area contributed by atoms with Crippen LogP contribution in [0.3, 0.4) is 0 Å². The Bertz CT molecular complexity index is 888. The van der Waals surface area contributed by atoms with Crippen molar-refractivity contribution >= 4 is 21.6 Å². The first kappa shape index (κ1) is 13.8. The lowest BCUT2D eigenvalue weighted by atomic mass is 10.2. The van der Waals surface area contributed by atoms with E-state index in [1.54, 1.807) is 4.57 Å². The molecule has 3 rings (SSSR count). The minimum absolute atomic E-state index is 0.154. The van der Waals surface area contributed by atoms with E-state index in [-0.39, 0.29) is 17.3 Å². The number of thiophene rings is 1. The number of hydrogen-bond donors (Lipinski definition) is 0. The summed E-state index contributed by atoms with van der Waals surface area (Å²) in [5.41, 5.74) is 1.32. The molecule has 0 unspecified atom stereocenters. The molecule has 5 heteroatoms. The molecular formula is C16H16N2O2S. The van der Waals surface area contributed by atoms with Crippen molar-refractivity contribution in [1.82, 2.24) is 9.13 Å². The van der Waals surface area contributed by atoms with E-state index in [4.69, 9.17) is 0 Å². The molecule has 0 saturated heterocycles. The van der Waals surface area contributed by atoms with E-state index in [2.05, 4.69) is 0 Å². The standard InChI is InChI=1S/C16H16N2O2S/c1-11(2)18-15(19)14-13(8-9-21-14)17(16(18)20)10-12-6-4-3-5-7-12/h3-9,11H,10H2,1-2H3. The fourth-order valence-corrected chi connectivity index (χ4v) is 3.31. The van der Waals surface area contributed by atoms with Gasteiger partial charge in [-0.2, -0.15) is 0 Å². The van der Waals surface area contributed by atoms with Crippen LogP contribution in [0.1, 0.15) is 25.5 Å². The lowest BCUT2D eigenvalue weighted by Crippen LogP contribution is -2.40. The molecule has 0 bridgehead atoms. The van der Waals surface area contributed by atoms with Crippen LogP contribution in [0.5, 0.6) is 0 Å². The third-order valence-electron chi connectivity index (χ3n) is 3.49. The third kappa shape index (κ3) is 2.34. The molecule has 2 heterocycles. The number of nitrogens with zero attached hydrogens (tertiary/aromatic N) is 2. The molecule has 3 aromatic rings. The molecule has 1 aromatic carbocycles. The van der Waals surface area contributed by atoms with Gasteiger partial charge in [-0.3, -0.25) is 13.9 Å². The fraction of sp³-hybridized carbons (Fsp3) is 0.250. The van der Waals surface area contributed by atoms with E-state index in [1.165, 1.54) is 15.9 Å². The summed E-state index contributed by atoms with van der Waals surface area (Å²) in [7, 11) is 0. The third-order valence-corrected chi connectivity index (χ3v) is 4.38. The Morgan fingerprint density at radius 3 is 2.48 bits per heavy atom. The van der Waals surface area contributed by atoms with Gasteiger partial charge >= 0.3 is 5.69 Å². The van der Waals surface area contributed by atoms with E-state index in [9.17, 15) is 9.59 Å². The van der Waals surface area contributed by atoms with Gasteiger partial charge in [0.1, 0.15) is 4.70 Å². The molecule has 21 heavy (non-hydrogen) atoms. The van der Waals surface area contributed by atoms with E-state index < -0.39 is 0 Å². The minimum Gasteiger partial charge on any atom is -0.288 e. The van der Waals surface area contributed by atoms with Crippen molar-refractivity contribution < 1.29 is 0 Å². The Morgan fingerprint density at radius 2 is 1.81 bits per heavy atom. The molecule has 0 radical (unpaired) electrons. The number of rotatable bonds is 3. The lowest BCUT2D eigenvalue weighted by molar-refractivity contribution is 0.525. The summed E-state index contributed by atoms with van der Waals surface area (Å²) in [5.74, 6) is 0. The SMILES string of the molecule is CC(C)n1c(=O)c2sccc2n(Cc2ccccc2)c1=O. The molecule has 2 aromatic heterocycles. The predicted octanol–water partition coefficient (Wildman–Crippen LogP) is 2.85. The zero-order chi connectivity index (χ0) is 15.0. The van der Waals surface area contributed by atoms with Gasteiger partial charge in [-0.25, -0.2) is 4.79 Å². The van der Waals surface area contributed by atoms with Gasteiger partial charge in [0.05, 0.1) is 12.1 Å². The first-order valence-corrected chi connectivity index (χ1v) is 7.74. The highest BCUT2D eigenvalue weighted by Crippen LogP contribution is 2.17. The van der Waals surface area contributed by atoms with E-state index in [0.29, 0.717) is 11.2 Å². The van der Waals surface area contributed by atoms with E-state index in [1.807, 2.05) is 55.6 Å². The minimum atomic E-state index is -0.246. The van der Waals surface area contributed by atoms with Crippen LogP contribution in [0.4, 0.5) is 0 Å². The first-order chi connectivity index (χ1) is 10.1.